The molecule has 0 aliphatic heterocycles. The molecule has 0 fully saturated rings. The third-order valence-electron chi connectivity index (χ3n) is 5.62. The van der Waals surface area contributed by atoms with Gasteiger partial charge in [0.05, 0.1) is 6.54 Å². The summed E-state index contributed by atoms with van der Waals surface area (Å²) < 4.78 is 15.4. The molecule has 0 bridgehead atoms. The van der Waals surface area contributed by atoms with Crippen LogP contribution in [-0.2, 0) is 23.8 Å². The van der Waals surface area contributed by atoms with Crippen LogP contribution < -0.4 is 10.6 Å². The fourth-order valence-electron chi connectivity index (χ4n) is 3.89. The molecule has 0 saturated carbocycles. The van der Waals surface area contributed by atoms with Crippen molar-refractivity contribution < 1.29 is 33.7 Å². The average molecular weight is 456 g/mol. The van der Waals surface area contributed by atoms with Crippen molar-refractivity contribution in [3.05, 3.63) is 59.7 Å². The Kier molecular flexibility index (Phi) is 8.39. The van der Waals surface area contributed by atoms with Crippen LogP contribution in [0.3, 0.4) is 0 Å². The summed E-state index contributed by atoms with van der Waals surface area (Å²) in [6.07, 6.45) is -2.40. The Bertz CT molecular complexity index is 949. The second-order valence-electron chi connectivity index (χ2n) is 7.57. The second-order valence-corrected chi connectivity index (χ2v) is 7.57. The normalized spacial score (nSPS) is 14.0. The largest absolute Gasteiger partial charge is 0.479 e. The van der Waals surface area contributed by atoms with Crippen LogP contribution in [0.4, 0.5) is 4.79 Å². The molecule has 1 aliphatic rings. The summed E-state index contributed by atoms with van der Waals surface area (Å²) in [5.74, 6) is -1.71. The minimum Gasteiger partial charge on any atom is -0.479 e. The Morgan fingerprint density at radius 3 is 2.03 bits per heavy atom. The molecule has 2 aromatic rings. The van der Waals surface area contributed by atoms with Crippen molar-refractivity contribution in [3.8, 4) is 11.1 Å². The minimum atomic E-state index is -1.18. The average Bonchev–Trinajstić information content (AvgIpc) is 3.14. The van der Waals surface area contributed by atoms with Crippen LogP contribution in [0.2, 0.25) is 0 Å². The van der Waals surface area contributed by atoms with E-state index in [-0.39, 0.29) is 32.0 Å². The number of fused-ring (bicyclic) bond motifs is 3. The third kappa shape index (κ3) is 5.88. The lowest BCUT2D eigenvalue weighted by Crippen LogP contribution is -2.44. The number of rotatable bonds is 11. The van der Waals surface area contributed by atoms with Gasteiger partial charge in [0.25, 0.3) is 0 Å². The molecule has 9 heteroatoms. The van der Waals surface area contributed by atoms with Crippen molar-refractivity contribution in [2.75, 3.05) is 33.9 Å². The third-order valence-corrected chi connectivity index (χ3v) is 5.62. The lowest BCUT2D eigenvalue weighted by atomic mass is 9.98. The Hall–Kier alpha value is -3.43. The van der Waals surface area contributed by atoms with Gasteiger partial charge in [-0.1, -0.05) is 48.5 Å². The quantitative estimate of drug-likeness (QED) is 0.473. The zero-order valence-electron chi connectivity index (χ0n) is 18.6. The van der Waals surface area contributed by atoms with Crippen LogP contribution >= 0.6 is 0 Å². The van der Waals surface area contributed by atoms with Gasteiger partial charge >= 0.3 is 12.1 Å². The van der Waals surface area contributed by atoms with Gasteiger partial charge in [-0.3, -0.25) is 4.79 Å². The molecule has 3 rings (SSSR count). The van der Waals surface area contributed by atoms with Crippen LogP contribution in [0, 0.1) is 0 Å². The molecule has 2 atom stereocenters. The van der Waals surface area contributed by atoms with Crippen molar-refractivity contribution in [1.29, 1.82) is 0 Å². The first-order chi connectivity index (χ1) is 16.0. The fourth-order valence-corrected chi connectivity index (χ4v) is 3.89. The first-order valence-electron chi connectivity index (χ1n) is 10.6. The van der Waals surface area contributed by atoms with E-state index in [2.05, 4.69) is 22.8 Å². The van der Waals surface area contributed by atoms with Crippen LogP contribution in [0.5, 0.6) is 0 Å². The van der Waals surface area contributed by atoms with Gasteiger partial charge in [0.1, 0.15) is 12.7 Å². The molecule has 176 valence electrons. The van der Waals surface area contributed by atoms with Crippen LogP contribution in [0.1, 0.15) is 23.5 Å². The molecule has 33 heavy (non-hydrogen) atoms. The molecule has 2 aromatic carbocycles. The molecule has 2 amide bonds. The van der Waals surface area contributed by atoms with E-state index in [9.17, 15) is 14.4 Å². The predicted molar refractivity (Wildman–Crippen MR) is 120 cm³/mol. The van der Waals surface area contributed by atoms with E-state index in [1.54, 1.807) is 0 Å². The topological polar surface area (TPSA) is 123 Å². The van der Waals surface area contributed by atoms with Crippen molar-refractivity contribution in [3.63, 3.8) is 0 Å². The highest BCUT2D eigenvalue weighted by Gasteiger charge is 2.29. The molecule has 0 saturated heterocycles. The van der Waals surface area contributed by atoms with Gasteiger partial charge in [0.2, 0.25) is 5.91 Å². The maximum Gasteiger partial charge on any atom is 0.407 e. The van der Waals surface area contributed by atoms with E-state index in [1.165, 1.54) is 14.2 Å². The molecule has 1 aliphatic carbocycles. The van der Waals surface area contributed by atoms with E-state index in [0.29, 0.717) is 0 Å². The number of hydrogen-bond donors (Lipinski definition) is 3. The van der Waals surface area contributed by atoms with E-state index in [0.717, 1.165) is 22.3 Å². The van der Waals surface area contributed by atoms with Crippen LogP contribution in [-0.4, -0.2) is 69.2 Å². The van der Waals surface area contributed by atoms with Crippen LogP contribution in [0.15, 0.2) is 48.5 Å². The first-order valence-corrected chi connectivity index (χ1v) is 10.6. The highest BCUT2D eigenvalue weighted by Crippen LogP contribution is 2.44. The molecule has 0 aromatic heterocycles. The SMILES string of the molecule is COC(CNC(=O)C(CCNC(=O)OCC1c2ccccc2-c2ccccc21)OC)C(=O)O. The molecular formula is C24H28N2O7. The number of amides is 2. The summed E-state index contributed by atoms with van der Waals surface area (Å²) >= 11 is 0. The van der Waals surface area contributed by atoms with Gasteiger partial charge in [0.15, 0.2) is 6.10 Å². The number of benzene rings is 2. The van der Waals surface area contributed by atoms with Crippen molar-refractivity contribution >= 4 is 18.0 Å². The molecule has 0 spiro atoms. The summed E-state index contributed by atoms with van der Waals surface area (Å²) in [5.41, 5.74) is 4.54. The van der Waals surface area contributed by atoms with Gasteiger partial charge in [-0.25, -0.2) is 9.59 Å². The minimum absolute atomic E-state index is 0.0383. The van der Waals surface area contributed by atoms with E-state index in [1.807, 2.05) is 36.4 Å². The van der Waals surface area contributed by atoms with E-state index < -0.39 is 30.2 Å². The van der Waals surface area contributed by atoms with Gasteiger partial charge < -0.3 is 30.0 Å². The molecule has 0 heterocycles. The Morgan fingerprint density at radius 1 is 0.909 bits per heavy atom. The predicted octanol–water partition coefficient (Wildman–Crippen LogP) is 2.15. The smallest absolute Gasteiger partial charge is 0.407 e. The fraction of sp³-hybridized carbons (Fsp3) is 0.375. The van der Waals surface area contributed by atoms with Gasteiger partial charge in [-0.05, 0) is 22.3 Å². The number of carboxylic acid groups (broad SMARTS) is 1. The number of carbonyl (C=O) groups excluding carboxylic acids is 2. The lowest BCUT2D eigenvalue weighted by molar-refractivity contribution is -0.148. The standard InChI is InChI=1S/C24H28N2O7/c1-31-20(22(27)26-13-21(32-2)23(28)29)11-12-25-24(30)33-14-19-17-9-5-3-7-15(17)16-8-4-6-10-18(16)19/h3-10,19-21H,11-14H2,1-2H3,(H,25,30)(H,26,27)(H,28,29). The zero-order chi connectivity index (χ0) is 23.8. The molecule has 3 N–H and O–H groups in total. The van der Waals surface area contributed by atoms with Gasteiger partial charge in [0, 0.05) is 33.1 Å². The molecule has 0 radical (unpaired) electrons. The van der Waals surface area contributed by atoms with E-state index >= 15 is 0 Å². The Morgan fingerprint density at radius 2 is 1.48 bits per heavy atom. The number of ether oxygens (including phenoxy) is 3. The number of carbonyl (C=O) groups is 3. The van der Waals surface area contributed by atoms with E-state index in [4.69, 9.17) is 19.3 Å². The number of hydrogen-bond acceptors (Lipinski definition) is 6. The maximum atomic E-state index is 12.2. The highest BCUT2D eigenvalue weighted by molar-refractivity contribution is 5.82. The molecule has 2 unspecified atom stereocenters. The number of nitrogens with one attached hydrogen (secondary N) is 2. The number of methoxy groups -OCH3 is 2. The summed E-state index contributed by atoms with van der Waals surface area (Å²) in [6, 6.07) is 16.1. The number of alkyl carbamates (subject to hydrolysis) is 1. The van der Waals surface area contributed by atoms with Gasteiger partial charge in [-0.15, -0.1) is 0 Å². The highest BCUT2D eigenvalue weighted by atomic mass is 16.5. The second kappa shape index (κ2) is 11.4. The zero-order valence-corrected chi connectivity index (χ0v) is 18.6. The molecule has 9 nitrogen and oxygen atoms in total. The Balaban J connectivity index is 1.46. The lowest BCUT2D eigenvalue weighted by Gasteiger charge is -2.18. The summed E-state index contributed by atoms with van der Waals surface area (Å²) in [4.78, 5) is 35.4. The number of aliphatic carboxylic acids is 1. The molecular weight excluding hydrogens is 428 g/mol. The van der Waals surface area contributed by atoms with Crippen molar-refractivity contribution in [1.82, 2.24) is 10.6 Å². The first kappa shape index (κ1) is 24.2. The van der Waals surface area contributed by atoms with Crippen LogP contribution in [0.25, 0.3) is 11.1 Å². The Labute approximate surface area is 192 Å². The van der Waals surface area contributed by atoms with Gasteiger partial charge in [-0.2, -0.15) is 0 Å². The maximum absolute atomic E-state index is 12.2. The summed E-state index contributed by atoms with van der Waals surface area (Å²) in [5, 5.41) is 14.1. The summed E-state index contributed by atoms with van der Waals surface area (Å²) in [6.45, 7) is 0.154. The summed E-state index contributed by atoms with van der Waals surface area (Å²) in [7, 11) is 2.61. The number of carboxylic acids is 1. The monoisotopic (exact) mass is 456 g/mol. The van der Waals surface area contributed by atoms with Crippen molar-refractivity contribution in [2.24, 2.45) is 0 Å². The van der Waals surface area contributed by atoms with Crippen molar-refractivity contribution in [2.45, 2.75) is 24.5 Å².